The van der Waals surface area contributed by atoms with Crippen LogP contribution in [0.15, 0.2) is 491 Å². The second kappa shape index (κ2) is 35.0. The van der Waals surface area contributed by atoms with Crippen LogP contribution in [0, 0.1) is 34.6 Å². The molecular weight excluding hydrogens is 1740 g/mol. The predicted molar refractivity (Wildman–Crippen MR) is 625 cm³/mol. The van der Waals surface area contributed by atoms with Gasteiger partial charge < -0.3 is 15.6 Å². The van der Waals surface area contributed by atoms with Crippen LogP contribution in [0.3, 0.4) is 0 Å². The van der Waals surface area contributed by atoms with Crippen LogP contribution in [0.5, 0.6) is 0 Å². The Balaban J connectivity index is 0.0000000921. The third kappa shape index (κ3) is 14.3. The van der Waals surface area contributed by atoms with Crippen LogP contribution < -0.4 is 11.1 Å². The highest BCUT2D eigenvalue weighted by atomic mass is 15.1. The van der Waals surface area contributed by atoms with Crippen LogP contribution in [-0.4, -0.2) is 4.57 Å². The summed E-state index contributed by atoms with van der Waals surface area (Å²) in [5, 5.41) is 48.0. The molecule has 0 spiro atoms. The van der Waals surface area contributed by atoms with Gasteiger partial charge in [-0.05, 0) is 346 Å². The highest BCUT2D eigenvalue weighted by Gasteiger charge is 2.24. The van der Waals surface area contributed by atoms with E-state index in [2.05, 4.69) is 535 Å². The van der Waals surface area contributed by atoms with Crippen LogP contribution >= 0.6 is 0 Å². The van der Waals surface area contributed by atoms with Gasteiger partial charge in [-0.15, -0.1) is 0 Å². The fourth-order valence-electron chi connectivity index (χ4n) is 23.8. The van der Waals surface area contributed by atoms with Crippen molar-refractivity contribution < 1.29 is 0 Å². The second-order valence-corrected chi connectivity index (χ2v) is 39.0. The lowest BCUT2D eigenvalue weighted by molar-refractivity contribution is 1.20. The average Bonchev–Trinajstić information content (AvgIpc) is 1.47. The molecule has 31 rings (SSSR count). The van der Waals surface area contributed by atoms with Crippen molar-refractivity contribution in [3.63, 3.8) is 0 Å². The molecule has 0 fully saturated rings. The van der Waals surface area contributed by atoms with Crippen molar-refractivity contribution in [2.24, 2.45) is 0 Å². The molecule has 0 amide bonds. The molecule has 30 aromatic carbocycles. The number of anilines is 3. The number of benzene rings is 30. The van der Waals surface area contributed by atoms with E-state index in [1.54, 1.807) is 0 Å². The second-order valence-electron chi connectivity index (χ2n) is 39.0. The number of hydrogen-bond donors (Lipinski definition) is 1. The van der Waals surface area contributed by atoms with Crippen molar-refractivity contribution in [3.8, 4) is 50.2 Å². The molecule has 0 bridgehead atoms. The molecule has 3 N–H and O–H groups in total. The Morgan fingerprint density at radius 1 is 0.153 bits per heavy atom. The Hall–Kier alpha value is -18.1. The monoisotopic (exact) mass is 1830 g/mol. The number of aryl methyl sites for hydroxylation is 5. The zero-order valence-corrected chi connectivity index (χ0v) is 80.9. The van der Waals surface area contributed by atoms with Gasteiger partial charge in [-0.2, -0.15) is 0 Å². The van der Waals surface area contributed by atoms with Gasteiger partial charge in [0, 0.05) is 32.9 Å². The molecule has 0 atom stereocenters. The summed E-state index contributed by atoms with van der Waals surface area (Å²) in [5.41, 5.74) is 24.2. The Bertz CT molecular complexity index is 10300. The van der Waals surface area contributed by atoms with Crippen LogP contribution in [0.1, 0.15) is 27.8 Å². The van der Waals surface area contributed by atoms with Crippen molar-refractivity contribution in [2.75, 3.05) is 4.90 Å². The minimum absolute atomic E-state index is 0. The average molecular weight is 1840 g/mol. The van der Waals surface area contributed by atoms with E-state index in [1.165, 1.54) is 289 Å². The molecule has 1 heterocycles. The van der Waals surface area contributed by atoms with Gasteiger partial charge in [0.25, 0.3) is 0 Å². The summed E-state index contributed by atoms with van der Waals surface area (Å²) in [6, 6.07) is 180. The number of hydrogen-bond acceptors (Lipinski definition) is 2. The Morgan fingerprint density at radius 3 is 0.806 bits per heavy atom. The third-order valence-electron chi connectivity index (χ3n) is 30.9. The predicted octanol–water partition coefficient (Wildman–Crippen LogP) is 40.2. The number of para-hydroxylation sites is 4. The number of fused-ring (bicyclic) bond motifs is 5. The molecule has 3 heteroatoms. The van der Waals surface area contributed by atoms with Crippen LogP contribution in [0.25, 0.3) is 255 Å². The summed E-state index contributed by atoms with van der Waals surface area (Å²) >= 11 is 0. The van der Waals surface area contributed by atoms with Crippen LogP contribution in [0.4, 0.5) is 17.1 Å². The Morgan fingerprint density at radius 2 is 0.403 bits per heavy atom. The first-order valence-corrected chi connectivity index (χ1v) is 49.9. The molecule has 0 unspecified atom stereocenters. The Kier molecular flexibility index (Phi) is 21.0. The third-order valence-corrected chi connectivity index (χ3v) is 30.9. The Labute approximate surface area is 835 Å². The lowest BCUT2D eigenvalue weighted by Gasteiger charge is -2.27. The summed E-state index contributed by atoms with van der Waals surface area (Å²) in [4.78, 5) is 2.36. The van der Waals surface area contributed by atoms with Gasteiger partial charge in [-0.3, -0.25) is 0 Å². The molecule has 3 nitrogen and oxygen atoms in total. The number of nitrogens with zero attached hydrogens (tertiary/aromatic N) is 2. The fourth-order valence-corrected chi connectivity index (χ4v) is 23.8. The van der Waals surface area contributed by atoms with E-state index in [0.29, 0.717) is 0 Å². The van der Waals surface area contributed by atoms with E-state index in [0.717, 1.165) is 11.4 Å². The SMILES string of the molecule is Cc1ccc2ccc3c(-c4ccc5cc(-c6ccccc6)ccc5c4)ccc4ccc1c2c43.Cc1ccc2ccc3c(-c4ccc5ccccc5c4)ccc4ccc1c2c43.Cc1ccc2ccc3c(-c4ccccc4)ccc4ccc1c2c43.Cc1ccc2ccc3c(-n4c5ccccc5c5ccccc54)ccc4ccc1c2c43.Cc1ccc2ccc3c(N(c4ccccc4)c4ccccc4)ccc4ccc1c2c43.N. The standard InChI is InChI=1S/C33H22.C29H19N.C29H21N.C27H18.C23H16.H3N/c1-21-7-8-23-15-18-31-30(17-14-24-13-16-29(21)32(23)33(24)31)28-12-11-26-19-25(9-10-27(26)20-28)22-5-3-2-4-6-22;1-18-10-11-19-13-16-24-27(17-14-20-12-15-21(18)28(19)29(20)24)30-25-8-4-2-6-22(25)23-7-3-5-9-26(23)30;1-20-12-13-21-15-18-26-27(19-16-22-14-17-25(20)28(21)29(22)26)30(23-8-4-2-5-9-23)24-10-6-3-7-11-24;1-17-6-7-19-12-15-25-24(14-11-20-10-13-23(17)26(19)27(20)25)22-9-8-18-4-2-3-5-21(18)16-22;1-15-7-8-17-11-14-21-20(16-5-3-2-4-6-16)13-10-18-9-12-19(15)22(17)23(18)21;/h2-20H,1H3;2-17H,1H3;2-19H,1H3;2-16H,1H3;2-14H,1H3;1H3. The van der Waals surface area contributed by atoms with Gasteiger partial charge in [0.15, 0.2) is 0 Å². The zero-order chi connectivity index (χ0) is 95.2. The van der Waals surface area contributed by atoms with E-state index in [4.69, 9.17) is 0 Å². The van der Waals surface area contributed by atoms with Crippen molar-refractivity contribution in [2.45, 2.75) is 34.6 Å². The maximum atomic E-state index is 2.43. The summed E-state index contributed by atoms with van der Waals surface area (Å²) < 4.78 is 2.43. The molecule has 1 aromatic heterocycles. The molecule has 0 aliphatic carbocycles. The highest BCUT2D eigenvalue weighted by Crippen LogP contribution is 2.50. The first-order valence-electron chi connectivity index (χ1n) is 49.9. The molecule has 0 saturated carbocycles. The molecule has 678 valence electrons. The van der Waals surface area contributed by atoms with E-state index in [-0.39, 0.29) is 6.15 Å². The summed E-state index contributed by atoms with van der Waals surface area (Å²) in [5.74, 6) is 0. The molecule has 0 saturated heterocycles. The van der Waals surface area contributed by atoms with Gasteiger partial charge in [0.05, 0.1) is 22.4 Å². The molecule has 0 aliphatic rings. The first kappa shape index (κ1) is 86.2. The topological polar surface area (TPSA) is 43.2 Å². The summed E-state index contributed by atoms with van der Waals surface area (Å²) in [6.07, 6.45) is 0. The van der Waals surface area contributed by atoms with Gasteiger partial charge in [-0.25, -0.2) is 0 Å². The molecule has 144 heavy (non-hydrogen) atoms. The first-order chi connectivity index (χ1) is 70.5. The summed E-state index contributed by atoms with van der Waals surface area (Å²) in [7, 11) is 0. The smallest absolute Gasteiger partial charge is 0.0541 e. The fraction of sp³-hybridized carbons (Fsp3) is 0.0355. The van der Waals surface area contributed by atoms with E-state index < -0.39 is 0 Å². The molecular formula is C141H99N3. The maximum Gasteiger partial charge on any atom is 0.0541 e. The quantitative estimate of drug-likeness (QED) is 0.154. The molecule has 0 radical (unpaired) electrons. The van der Waals surface area contributed by atoms with Gasteiger partial charge >= 0.3 is 0 Å². The van der Waals surface area contributed by atoms with E-state index in [9.17, 15) is 0 Å². The normalized spacial score (nSPS) is 11.7. The van der Waals surface area contributed by atoms with E-state index in [1.807, 2.05) is 0 Å². The minimum atomic E-state index is 0. The van der Waals surface area contributed by atoms with Crippen molar-refractivity contribution in [1.82, 2.24) is 10.7 Å². The zero-order valence-electron chi connectivity index (χ0n) is 80.9. The minimum Gasteiger partial charge on any atom is -0.344 e. The lowest BCUT2D eigenvalue weighted by Crippen LogP contribution is -2.10. The molecule has 31 aromatic rings. The van der Waals surface area contributed by atoms with Crippen LogP contribution in [0.2, 0.25) is 0 Å². The highest BCUT2D eigenvalue weighted by molar-refractivity contribution is 6.32. The summed E-state index contributed by atoms with van der Waals surface area (Å²) in [6.45, 7) is 11.0. The lowest BCUT2D eigenvalue weighted by atomic mass is 9.88. The van der Waals surface area contributed by atoms with Crippen molar-refractivity contribution in [1.29, 1.82) is 0 Å². The number of rotatable bonds is 8. The van der Waals surface area contributed by atoms with Gasteiger partial charge in [-0.1, -0.05) is 425 Å². The molecule has 0 aliphatic heterocycles. The van der Waals surface area contributed by atoms with Crippen LogP contribution in [-0.2, 0) is 0 Å². The van der Waals surface area contributed by atoms with Crippen molar-refractivity contribution in [3.05, 3.63) is 519 Å². The maximum absolute atomic E-state index is 2.43. The van der Waals surface area contributed by atoms with Crippen molar-refractivity contribution >= 4 is 222 Å². The van der Waals surface area contributed by atoms with E-state index >= 15 is 0 Å². The number of aromatic nitrogens is 1. The van der Waals surface area contributed by atoms with Gasteiger partial charge in [0.1, 0.15) is 0 Å². The van der Waals surface area contributed by atoms with Gasteiger partial charge in [0.2, 0.25) is 0 Å². The largest absolute Gasteiger partial charge is 0.344 e.